The van der Waals surface area contributed by atoms with Crippen molar-refractivity contribution in [2.75, 3.05) is 5.32 Å². The van der Waals surface area contributed by atoms with Gasteiger partial charge < -0.3 is 15.2 Å². The van der Waals surface area contributed by atoms with Crippen molar-refractivity contribution in [1.29, 1.82) is 0 Å². The number of hydrogen-bond donors (Lipinski definition) is 2. The first-order chi connectivity index (χ1) is 12.7. The molecule has 2 N–H and O–H groups in total. The Bertz CT molecular complexity index is 730. The second-order valence-corrected chi connectivity index (χ2v) is 8.06. The molecule has 0 aromatic heterocycles. The van der Waals surface area contributed by atoms with E-state index in [1.54, 1.807) is 24.3 Å². The lowest BCUT2D eigenvalue weighted by molar-refractivity contribution is -0.120. The van der Waals surface area contributed by atoms with Gasteiger partial charge in [-0.2, -0.15) is 0 Å². The summed E-state index contributed by atoms with van der Waals surface area (Å²) in [5.41, 5.74) is 1.69. The first kappa shape index (κ1) is 20.8. The van der Waals surface area contributed by atoms with Crippen molar-refractivity contribution in [3.63, 3.8) is 0 Å². The topological polar surface area (TPSA) is 58.6 Å². The second-order valence-electron chi connectivity index (χ2n) is 8.06. The lowest BCUT2D eigenvalue weighted by Crippen LogP contribution is -2.24. The molecule has 1 amide bonds. The van der Waals surface area contributed by atoms with Crippen LogP contribution in [0, 0.1) is 5.92 Å². The zero-order valence-electron chi connectivity index (χ0n) is 17.0. The van der Waals surface area contributed by atoms with Crippen LogP contribution < -0.4 is 10.1 Å². The molecule has 2 aromatic carbocycles. The number of carbonyl (C=O) groups is 1. The summed E-state index contributed by atoms with van der Waals surface area (Å²) in [5.74, 6) is 1.26. The number of nitrogens with one attached hydrogen (secondary N) is 1. The zero-order valence-corrected chi connectivity index (χ0v) is 17.0. The third kappa shape index (κ3) is 6.63. The van der Waals surface area contributed by atoms with Crippen molar-refractivity contribution in [3.05, 3.63) is 54.1 Å². The van der Waals surface area contributed by atoms with Crippen molar-refractivity contribution in [2.45, 2.75) is 59.0 Å². The monoisotopic (exact) mass is 369 g/mol. The maximum absolute atomic E-state index is 12.6. The number of carbonyl (C=O) groups excluding carboxylic acids is 1. The van der Waals surface area contributed by atoms with Crippen LogP contribution in [-0.2, 0) is 4.79 Å². The van der Waals surface area contributed by atoms with Crippen LogP contribution in [0.1, 0.15) is 58.9 Å². The number of aromatic hydroxyl groups is 1. The van der Waals surface area contributed by atoms with Crippen LogP contribution in [0.2, 0.25) is 0 Å². The molecule has 2 unspecified atom stereocenters. The fraction of sp³-hybridized carbons (Fsp3) is 0.435. The standard InChI is InChI=1S/C23H31NO3/c1-6-17(22(26)24-19-9-11-20(25)12-10-19)15-16(2)18-7-13-21(14-8-18)27-23(3,4)5/h7-14,16-17,25H,6,15H2,1-5H3,(H,24,26). The highest BCUT2D eigenvalue weighted by Gasteiger charge is 2.21. The quantitative estimate of drug-likeness (QED) is 0.613. The molecule has 2 atom stereocenters. The Morgan fingerprint density at radius 2 is 1.67 bits per heavy atom. The fourth-order valence-corrected chi connectivity index (χ4v) is 3.03. The van der Waals surface area contributed by atoms with Gasteiger partial charge in [0.15, 0.2) is 0 Å². The summed E-state index contributed by atoms with van der Waals surface area (Å²) < 4.78 is 5.87. The molecule has 0 radical (unpaired) electrons. The molecule has 0 aliphatic heterocycles. The molecule has 0 saturated heterocycles. The van der Waals surface area contributed by atoms with E-state index in [9.17, 15) is 9.90 Å². The summed E-state index contributed by atoms with van der Waals surface area (Å²) in [4.78, 5) is 12.6. The van der Waals surface area contributed by atoms with E-state index < -0.39 is 0 Å². The van der Waals surface area contributed by atoms with Gasteiger partial charge in [0.05, 0.1) is 0 Å². The first-order valence-corrected chi connectivity index (χ1v) is 9.57. The van der Waals surface area contributed by atoms with E-state index in [0.29, 0.717) is 5.69 Å². The van der Waals surface area contributed by atoms with Gasteiger partial charge in [-0.25, -0.2) is 0 Å². The van der Waals surface area contributed by atoms with Crippen LogP contribution in [0.5, 0.6) is 11.5 Å². The molecular formula is C23H31NO3. The third-order valence-electron chi connectivity index (χ3n) is 4.51. The highest BCUT2D eigenvalue weighted by molar-refractivity contribution is 5.92. The molecule has 146 valence electrons. The van der Waals surface area contributed by atoms with Crippen molar-refractivity contribution in [1.82, 2.24) is 0 Å². The number of amides is 1. The molecule has 0 bridgehead atoms. The van der Waals surface area contributed by atoms with Crippen LogP contribution in [0.3, 0.4) is 0 Å². The van der Waals surface area contributed by atoms with E-state index >= 15 is 0 Å². The summed E-state index contributed by atoms with van der Waals surface area (Å²) in [6.45, 7) is 10.3. The van der Waals surface area contributed by atoms with Gasteiger partial charge >= 0.3 is 0 Å². The minimum atomic E-state index is -0.216. The molecule has 0 saturated carbocycles. The molecule has 0 heterocycles. The lowest BCUT2D eigenvalue weighted by Gasteiger charge is -2.22. The SMILES string of the molecule is CCC(CC(C)c1ccc(OC(C)(C)C)cc1)C(=O)Nc1ccc(O)cc1. The van der Waals surface area contributed by atoms with E-state index in [-0.39, 0.29) is 29.1 Å². The Labute approximate surface area is 162 Å². The number of benzene rings is 2. The summed E-state index contributed by atoms with van der Waals surface area (Å²) >= 11 is 0. The molecule has 2 rings (SSSR count). The number of rotatable bonds is 7. The van der Waals surface area contributed by atoms with Gasteiger partial charge in [-0.15, -0.1) is 0 Å². The average molecular weight is 370 g/mol. The molecule has 27 heavy (non-hydrogen) atoms. The Kier molecular flexibility index (Phi) is 6.89. The van der Waals surface area contributed by atoms with Crippen LogP contribution in [0.15, 0.2) is 48.5 Å². The van der Waals surface area contributed by atoms with Crippen LogP contribution in [-0.4, -0.2) is 16.6 Å². The summed E-state index contributed by atoms with van der Waals surface area (Å²) in [7, 11) is 0. The number of anilines is 1. The molecule has 4 nitrogen and oxygen atoms in total. The first-order valence-electron chi connectivity index (χ1n) is 9.57. The van der Waals surface area contributed by atoms with Gasteiger partial charge in [-0.1, -0.05) is 26.0 Å². The molecule has 2 aromatic rings. The summed E-state index contributed by atoms with van der Waals surface area (Å²) in [6, 6.07) is 14.7. The van der Waals surface area contributed by atoms with Gasteiger partial charge in [-0.05, 0) is 81.5 Å². The van der Waals surface area contributed by atoms with E-state index in [2.05, 4.69) is 24.4 Å². The van der Waals surface area contributed by atoms with Gasteiger partial charge in [0, 0.05) is 11.6 Å². The van der Waals surface area contributed by atoms with Crippen LogP contribution in [0.25, 0.3) is 0 Å². The predicted molar refractivity (Wildman–Crippen MR) is 110 cm³/mol. The predicted octanol–water partition coefficient (Wildman–Crippen LogP) is 5.73. The second kappa shape index (κ2) is 8.94. The Balaban J connectivity index is 1.98. The third-order valence-corrected chi connectivity index (χ3v) is 4.51. The Morgan fingerprint density at radius 1 is 1.07 bits per heavy atom. The largest absolute Gasteiger partial charge is 0.508 e. The maximum Gasteiger partial charge on any atom is 0.227 e. The van der Waals surface area contributed by atoms with Crippen LogP contribution in [0.4, 0.5) is 5.69 Å². The number of phenols is 1. The summed E-state index contributed by atoms with van der Waals surface area (Å²) in [5, 5.41) is 12.3. The minimum absolute atomic E-state index is 0.0164. The number of phenolic OH excluding ortho intramolecular Hbond substituents is 1. The number of hydrogen-bond acceptors (Lipinski definition) is 3. The molecule has 0 fully saturated rings. The number of ether oxygens (including phenoxy) is 1. The van der Waals surface area contributed by atoms with Crippen LogP contribution >= 0.6 is 0 Å². The molecule has 0 aliphatic carbocycles. The smallest absolute Gasteiger partial charge is 0.227 e. The van der Waals surface area contributed by atoms with Crippen molar-refractivity contribution in [3.8, 4) is 11.5 Å². The van der Waals surface area contributed by atoms with Crippen molar-refractivity contribution >= 4 is 11.6 Å². The maximum atomic E-state index is 12.6. The van der Waals surface area contributed by atoms with Crippen molar-refractivity contribution < 1.29 is 14.6 Å². The summed E-state index contributed by atoms with van der Waals surface area (Å²) in [6.07, 6.45) is 1.55. The van der Waals surface area contributed by atoms with E-state index in [4.69, 9.17) is 4.74 Å². The van der Waals surface area contributed by atoms with Gasteiger partial charge in [0.1, 0.15) is 17.1 Å². The van der Waals surface area contributed by atoms with E-state index in [1.165, 1.54) is 5.56 Å². The molecule has 0 aliphatic rings. The fourth-order valence-electron chi connectivity index (χ4n) is 3.03. The van der Waals surface area contributed by atoms with E-state index in [0.717, 1.165) is 18.6 Å². The molecule has 4 heteroatoms. The van der Waals surface area contributed by atoms with Crippen molar-refractivity contribution in [2.24, 2.45) is 5.92 Å². The zero-order chi connectivity index (χ0) is 20.0. The highest BCUT2D eigenvalue weighted by atomic mass is 16.5. The Morgan fingerprint density at radius 3 is 2.19 bits per heavy atom. The molecular weight excluding hydrogens is 338 g/mol. The average Bonchev–Trinajstić information content (AvgIpc) is 2.60. The molecule has 0 spiro atoms. The lowest BCUT2D eigenvalue weighted by atomic mass is 9.88. The van der Waals surface area contributed by atoms with Gasteiger partial charge in [0.2, 0.25) is 5.91 Å². The van der Waals surface area contributed by atoms with Gasteiger partial charge in [-0.3, -0.25) is 4.79 Å². The normalized spacial score (nSPS) is 13.7. The van der Waals surface area contributed by atoms with E-state index in [1.807, 2.05) is 39.8 Å². The van der Waals surface area contributed by atoms with Gasteiger partial charge in [0.25, 0.3) is 0 Å². The Hall–Kier alpha value is -2.49. The highest BCUT2D eigenvalue weighted by Crippen LogP contribution is 2.28. The minimum Gasteiger partial charge on any atom is -0.508 e.